The van der Waals surface area contributed by atoms with Gasteiger partial charge in [-0.25, -0.2) is 0 Å². The molecule has 0 amide bonds. The van der Waals surface area contributed by atoms with Crippen LogP contribution >= 0.6 is 0 Å². The Balaban J connectivity index is 1.38. The van der Waals surface area contributed by atoms with E-state index >= 15 is 0 Å². The lowest BCUT2D eigenvalue weighted by Gasteiger charge is -2.18. The Labute approximate surface area is 247 Å². The third kappa shape index (κ3) is 5.19. The van der Waals surface area contributed by atoms with Crippen molar-refractivity contribution >= 4 is 45.8 Å². The molecule has 0 spiro atoms. The fraction of sp³-hybridized carbons (Fsp3) is 0. The Kier molecular flexibility index (Phi) is 7.02. The Hall–Kier alpha value is -5.46. The van der Waals surface area contributed by atoms with Crippen LogP contribution < -0.4 is 0 Å². The summed E-state index contributed by atoms with van der Waals surface area (Å²) in [6.07, 6.45) is 8.76. The Bertz CT molecular complexity index is 1850. The topological polar surface area (TPSA) is 0 Å². The first-order chi connectivity index (χ1) is 20.8. The fourth-order valence-corrected chi connectivity index (χ4v) is 5.86. The first kappa shape index (κ1) is 25.5. The van der Waals surface area contributed by atoms with Crippen molar-refractivity contribution in [2.24, 2.45) is 0 Å². The van der Waals surface area contributed by atoms with Crippen LogP contribution in [0.4, 0.5) is 0 Å². The van der Waals surface area contributed by atoms with E-state index in [1.165, 1.54) is 66.1 Å². The van der Waals surface area contributed by atoms with Gasteiger partial charge in [-0.05, 0) is 78.2 Å². The van der Waals surface area contributed by atoms with Crippen LogP contribution in [0.15, 0.2) is 158 Å². The van der Waals surface area contributed by atoms with E-state index in [2.05, 4.69) is 182 Å². The van der Waals surface area contributed by atoms with Crippen LogP contribution in [0.5, 0.6) is 0 Å². The summed E-state index contributed by atoms with van der Waals surface area (Å²) in [4.78, 5) is 0. The van der Waals surface area contributed by atoms with Crippen molar-refractivity contribution in [3.63, 3.8) is 0 Å². The van der Waals surface area contributed by atoms with Gasteiger partial charge in [0.05, 0.1) is 0 Å². The van der Waals surface area contributed by atoms with Gasteiger partial charge < -0.3 is 0 Å². The lowest BCUT2D eigenvalue weighted by atomic mass is 9.85. The molecule has 0 aliphatic carbocycles. The lowest BCUT2D eigenvalue weighted by Crippen LogP contribution is -1.91. The summed E-state index contributed by atoms with van der Waals surface area (Å²) in [7, 11) is 0. The van der Waals surface area contributed by atoms with Crippen LogP contribution in [0.3, 0.4) is 0 Å². The second kappa shape index (κ2) is 11.6. The van der Waals surface area contributed by atoms with Gasteiger partial charge in [0.15, 0.2) is 0 Å². The molecule has 0 bridgehead atoms. The van der Waals surface area contributed by atoms with Gasteiger partial charge in [-0.15, -0.1) is 0 Å². The molecule has 7 aromatic carbocycles. The summed E-state index contributed by atoms with van der Waals surface area (Å²) in [5.74, 6) is 0. The maximum atomic E-state index is 2.31. The van der Waals surface area contributed by atoms with Gasteiger partial charge in [0.25, 0.3) is 0 Å². The molecule has 42 heavy (non-hydrogen) atoms. The average molecular weight is 535 g/mol. The summed E-state index contributed by atoms with van der Waals surface area (Å²) < 4.78 is 0. The van der Waals surface area contributed by atoms with E-state index in [9.17, 15) is 0 Å². The van der Waals surface area contributed by atoms with Crippen LogP contribution in [-0.2, 0) is 0 Å². The average Bonchev–Trinajstić information content (AvgIpc) is 3.06. The van der Waals surface area contributed by atoms with E-state index in [4.69, 9.17) is 0 Å². The highest BCUT2D eigenvalue weighted by Gasteiger charge is 2.16. The van der Waals surface area contributed by atoms with E-state index in [1.54, 1.807) is 0 Å². The largest absolute Gasteiger partial charge is 0.0622 e. The van der Waals surface area contributed by atoms with E-state index in [-0.39, 0.29) is 0 Å². The first-order valence-electron chi connectivity index (χ1n) is 14.4. The molecule has 198 valence electrons. The minimum Gasteiger partial charge on any atom is -0.0622 e. The van der Waals surface area contributed by atoms with Crippen molar-refractivity contribution < 1.29 is 0 Å². The molecular formula is C42H30. The van der Waals surface area contributed by atoms with Crippen LogP contribution in [0.2, 0.25) is 0 Å². The highest BCUT2D eigenvalue weighted by atomic mass is 14.2. The van der Waals surface area contributed by atoms with Crippen LogP contribution in [0.25, 0.3) is 68.1 Å². The highest BCUT2D eigenvalue weighted by molar-refractivity contribution is 6.21. The molecule has 0 saturated heterocycles. The third-order valence-corrected chi connectivity index (χ3v) is 7.82. The first-order valence-corrected chi connectivity index (χ1v) is 14.4. The molecule has 0 radical (unpaired) electrons. The van der Waals surface area contributed by atoms with Gasteiger partial charge in [-0.1, -0.05) is 170 Å². The zero-order valence-corrected chi connectivity index (χ0v) is 23.3. The van der Waals surface area contributed by atoms with Gasteiger partial charge in [-0.2, -0.15) is 0 Å². The minimum atomic E-state index is 1.19. The second-order valence-corrected chi connectivity index (χ2v) is 10.6. The van der Waals surface area contributed by atoms with E-state index in [0.717, 1.165) is 0 Å². The van der Waals surface area contributed by atoms with Gasteiger partial charge in [0.2, 0.25) is 0 Å². The molecular weight excluding hydrogens is 504 g/mol. The van der Waals surface area contributed by atoms with Gasteiger partial charge in [0.1, 0.15) is 0 Å². The number of fused-ring (bicyclic) bond motifs is 2. The van der Waals surface area contributed by atoms with Crippen LogP contribution in [0, 0.1) is 0 Å². The molecule has 0 atom stereocenters. The Morgan fingerprint density at radius 2 is 0.571 bits per heavy atom. The minimum absolute atomic E-state index is 1.19. The van der Waals surface area contributed by atoms with Crippen molar-refractivity contribution in [1.82, 2.24) is 0 Å². The predicted octanol–water partition coefficient (Wildman–Crippen LogP) is 11.7. The zero-order chi connectivity index (χ0) is 28.1. The highest BCUT2D eigenvalue weighted by Crippen LogP contribution is 2.43. The van der Waals surface area contributed by atoms with Gasteiger partial charge in [0, 0.05) is 0 Å². The van der Waals surface area contributed by atoms with E-state index in [1.807, 2.05) is 0 Å². The van der Waals surface area contributed by atoms with Crippen molar-refractivity contribution in [3.8, 4) is 22.3 Å². The molecule has 7 aromatic rings. The summed E-state index contributed by atoms with van der Waals surface area (Å²) in [5, 5.41) is 5.06. The molecule has 0 aliphatic heterocycles. The maximum Gasteiger partial charge on any atom is -0.00262 e. The van der Waals surface area contributed by atoms with Crippen molar-refractivity contribution in [1.29, 1.82) is 0 Å². The molecule has 0 nitrogen and oxygen atoms in total. The summed E-state index contributed by atoms with van der Waals surface area (Å²) in [6, 6.07) is 56.4. The Morgan fingerprint density at radius 1 is 0.262 bits per heavy atom. The van der Waals surface area contributed by atoms with E-state index < -0.39 is 0 Å². The molecule has 0 aromatic heterocycles. The molecule has 7 rings (SSSR count). The molecule has 0 saturated carbocycles. The number of hydrogen-bond donors (Lipinski definition) is 0. The van der Waals surface area contributed by atoms with Crippen molar-refractivity contribution in [2.45, 2.75) is 0 Å². The Morgan fingerprint density at radius 3 is 0.952 bits per heavy atom. The molecule has 0 aliphatic rings. The molecule has 0 unspecified atom stereocenters. The monoisotopic (exact) mass is 534 g/mol. The lowest BCUT2D eigenvalue weighted by molar-refractivity contribution is 1.62. The second-order valence-electron chi connectivity index (χ2n) is 10.6. The van der Waals surface area contributed by atoms with Crippen LogP contribution in [-0.4, -0.2) is 0 Å². The molecule has 0 heterocycles. The predicted molar refractivity (Wildman–Crippen MR) is 183 cm³/mol. The quantitative estimate of drug-likeness (QED) is 0.147. The van der Waals surface area contributed by atoms with E-state index in [0.29, 0.717) is 0 Å². The SMILES string of the molecule is C(=C\c1cccc(-c2c3ccccc3c(-c3cccc(/C=C/c4ccccc4)c3)c3ccccc23)c1)/c1ccccc1. The summed E-state index contributed by atoms with van der Waals surface area (Å²) >= 11 is 0. The zero-order valence-electron chi connectivity index (χ0n) is 23.3. The van der Waals surface area contributed by atoms with Gasteiger partial charge >= 0.3 is 0 Å². The normalized spacial score (nSPS) is 11.6. The molecule has 0 heteroatoms. The smallest absolute Gasteiger partial charge is 0.00262 e. The standard InChI is InChI=1S/C42H30/c1-3-13-31(14-4-1)25-27-33-17-11-19-35(29-33)41-37-21-7-9-23-39(37)42(40-24-10-8-22-38(40)41)36-20-12-18-34(30-36)28-26-32-15-5-2-6-16-32/h1-30H/b27-25+,28-26+. The number of rotatable bonds is 6. The number of hydrogen-bond acceptors (Lipinski definition) is 0. The summed E-state index contributed by atoms with van der Waals surface area (Å²) in [6.45, 7) is 0. The summed E-state index contributed by atoms with van der Waals surface area (Å²) in [5.41, 5.74) is 9.78. The van der Waals surface area contributed by atoms with Gasteiger partial charge in [-0.3, -0.25) is 0 Å². The third-order valence-electron chi connectivity index (χ3n) is 7.82. The molecule has 0 fully saturated rings. The van der Waals surface area contributed by atoms with Crippen molar-refractivity contribution in [3.05, 3.63) is 180 Å². The van der Waals surface area contributed by atoms with Crippen LogP contribution in [0.1, 0.15) is 22.3 Å². The number of benzene rings is 7. The molecule has 0 N–H and O–H groups in total. The van der Waals surface area contributed by atoms with Crippen molar-refractivity contribution in [2.75, 3.05) is 0 Å². The fourth-order valence-electron chi connectivity index (χ4n) is 5.86. The maximum absolute atomic E-state index is 2.31.